The number of para-hydroxylation sites is 2. The fourth-order valence-corrected chi connectivity index (χ4v) is 4.73. The molecule has 2 aliphatic heterocycles. The molecule has 3 aromatic rings. The van der Waals surface area contributed by atoms with Gasteiger partial charge in [0, 0.05) is 44.0 Å². The summed E-state index contributed by atoms with van der Waals surface area (Å²) in [6.07, 6.45) is 0.878. The third kappa shape index (κ3) is 4.51. The highest BCUT2D eigenvalue weighted by atomic mass is 32.1. The topological polar surface area (TPSA) is 60.0 Å². The molecule has 4 heterocycles. The van der Waals surface area contributed by atoms with Crippen molar-refractivity contribution >= 4 is 17.3 Å². The van der Waals surface area contributed by atoms with Crippen molar-refractivity contribution in [3.8, 4) is 17.4 Å². The molecule has 1 aromatic carbocycles. The summed E-state index contributed by atoms with van der Waals surface area (Å²) in [5.41, 5.74) is 2.13. The first-order valence-electron chi connectivity index (χ1n) is 10.6. The average molecular weight is 439 g/mol. The van der Waals surface area contributed by atoms with E-state index in [4.69, 9.17) is 24.2 Å². The van der Waals surface area contributed by atoms with Crippen LogP contribution in [0.2, 0.25) is 0 Å². The number of methoxy groups -OCH3 is 1. The van der Waals surface area contributed by atoms with E-state index in [0.717, 1.165) is 56.4 Å². The summed E-state index contributed by atoms with van der Waals surface area (Å²) in [5.74, 6) is 2.69. The number of aromatic nitrogens is 2. The van der Waals surface area contributed by atoms with E-state index in [9.17, 15) is 0 Å². The van der Waals surface area contributed by atoms with Crippen LogP contribution in [0.5, 0.6) is 17.4 Å². The van der Waals surface area contributed by atoms with Crippen LogP contribution in [0.3, 0.4) is 0 Å². The van der Waals surface area contributed by atoms with Gasteiger partial charge in [-0.3, -0.25) is 4.90 Å². The highest BCUT2D eigenvalue weighted by Gasteiger charge is 2.26. The van der Waals surface area contributed by atoms with Gasteiger partial charge in [0.1, 0.15) is 0 Å². The minimum atomic E-state index is 0.617. The van der Waals surface area contributed by atoms with Gasteiger partial charge in [0.15, 0.2) is 11.5 Å². The van der Waals surface area contributed by atoms with Gasteiger partial charge in [-0.15, -0.1) is 11.3 Å². The Kier molecular flexibility index (Phi) is 6.01. The fraction of sp³-hybridized carbons (Fsp3) is 0.391. The van der Waals surface area contributed by atoms with Gasteiger partial charge in [0.25, 0.3) is 0 Å². The van der Waals surface area contributed by atoms with E-state index in [2.05, 4.69) is 27.3 Å². The molecule has 0 spiro atoms. The zero-order valence-corrected chi connectivity index (χ0v) is 18.4. The summed E-state index contributed by atoms with van der Waals surface area (Å²) in [6, 6.07) is 12.0. The second kappa shape index (κ2) is 9.21. The summed E-state index contributed by atoms with van der Waals surface area (Å²) in [5, 5.41) is 2.13. The normalized spacial score (nSPS) is 16.7. The van der Waals surface area contributed by atoms with Gasteiger partial charge in [-0.2, -0.15) is 4.98 Å². The quantitative estimate of drug-likeness (QED) is 0.581. The number of morpholine rings is 1. The lowest BCUT2D eigenvalue weighted by atomic mass is 10.1. The first kappa shape index (κ1) is 20.2. The summed E-state index contributed by atoms with van der Waals surface area (Å²) in [6.45, 7) is 5.63. The Morgan fingerprint density at radius 3 is 2.65 bits per heavy atom. The molecule has 31 heavy (non-hydrogen) atoms. The fourth-order valence-electron chi connectivity index (χ4n) is 3.98. The zero-order chi connectivity index (χ0) is 21.0. The van der Waals surface area contributed by atoms with Crippen molar-refractivity contribution in [1.29, 1.82) is 0 Å². The molecule has 0 N–H and O–H groups in total. The molecule has 8 heteroatoms. The largest absolute Gasteiger partial charge is 0.493 e. The van der Waals surface area contributed by atoms with Gasteiger partial charge in [-0.25, -0.2) is 4.98 Å². The van der Waals surface area contributed by atoms with Crippen LogP contribution in [0.1, 0.15) is 16.1 Å². The molecule has 0 unspecified atom stereocenters. The van der Waals surface area contributed by atoms with Gasteiger partial charge in [0.2, 0.25) is 11.8 Å². The number of anilines is 1. The van der Waals surface area contributed by atoms with Crippen LogP contribution < -0.4 is 14.4 Å². The Hall–Kier alpha value is -2.68. The van der Waals surface area contributed by atoms with Crippen molar-refractivity contribution in [2.45, 2.75) is 19.5 Å². The Morgan fingerprint density at radius 1 is 1.03 bits per heavy atom. The molecule has 0 aliphatic carbocycles. The molecule has 5 rings (SSSR count). The number of rotatable bonds is 6. The number of hydrogen-bond donors (Lipinski definition) is 0. The van der Waals surface area contributed by atoms with Crippen LogP contribution >= 0.6 is 11.3 Å². The molecule has 0 saturated carbocycles. The molecule has 2 aromatic heterocycles. The van der Waals surface area contributed by atoms with E-state index in [-0.39, 0.29) is 0 Å². The van der Waals surface area contributed by atoms with Crippen molar-refractivity contribution < 1.29 is 14.2 Å². The van der Waals surface area contributed by atoms with Crippen molar-refractivity contribution in [3.63, 3.8) is 0 Å². The molecular formula is C23H26N4O3S. The van der Waals surface area contributed by atoms with Gasteiger partial charge in [-0.1, -0.05) is 18.2 Å². The van der Waals surface area contributed by atoms with Crippen molar-refractivity contribution in [2.75, 3.05) is 44.9 Å². The Morgan fingerprint density at radius 2 is 1.87 bits per heavy atom. The molecule has 2 aliphatic rings. The Labute approximate surface area is 186 Å². The lowest BCUT2D eigenvalue weighted by Gasteiger charge is -2.31. The van der Waals surface area contributed by atoms with E-state index in [1.54, 1.807) is 18.4 Å². The second-order valence-electron chi connectivity index (χ2n) is 7.65. The first-order valence-corrected chi connectivity index (χ1v) is 11.5. The van der Waals surface area contributed by atoms with Gasteiger partial charge in [-0.05, 0) is 23.6 Å². The first-order chi connectivity index (χ1) is 15.3. The average Bonchev–Trinajstić information content (AvgIpc) is 3.33. The number of ether oxygens (including phenoxy) is 3. The van der Waals surface area contributed by atoms with Crippen LogP contribution in [0.4, 0.5) is 5.95 Å². The molecular weight excluding hydrogens is 412 g/mol. The number of thiophene rings is 1. The smallest absolute Gasteiger partial charge is 0.229 e. The molecule has 0 atom stereocenters. The maximum Gasteiger partial charge on any atom is 0.229 e. The Balaban J connectivity index is 1.48. The predicted molar refractivity (Wildman–Crippen MR) is 120 cm³/mol. The summed E-state index contributed by atoms with van der Waals surface area (Å²) in [4.78, 5) is 15.8. The van der Waals surface area contributed by atoms with Crippen molar-refractivity contribution in [1.82, 2.24) is 14.9 Å². The highest BCUT2D eigenvalue weighted by molar-refractivity contribution is 7.09. The SMILES string of the molecule is COc1ccccc1Oc1nc(N2CCOCC2)nc2c1CN(Cc1cccs1)CC2. The molecule has 0 bridgehead atoms. The van der Waals surface area contributed by atoms with Gasteiger partial charge in [0.05, 0.1) is 31.6 Å². The van der Waals surface area contributed by atoms with Gasteiger partial charge < -0.3 is 19.1 Å². The lowest BCUT2D eigenvalue weighted by molar-refractivity contribution is 0.122. The molecule has 7 nitrogen and oxygen atoms in total. The van der Waals surface area contributed by atoms with E-state index in [1.165, 1.54) is 4.88 Å². The number of benzene rings is 1. The van der Waals surface area contributed by atoms with E-state index in [0.29, 0.717) is 30.6 Å². The van der Waals surface area contributed by atoms with Crippen LogP contribution in [0.25, 0.3) is 0 Å². The van der Waals surface area contributed by atoms with Crippen molar-refractivity contribution in [3.05, 3.63) is 57.9 Å². The maximum atomic E-state index is 6.36. The number of nitrogens with zero attached hydrogens (tertiary/aromatic N) is 4. The standard InChI is InChI=1S/C23H26N4O3S/c1-28-20-6-2-3-7-21(20)30-22-18-16-26(15-17-5-4-14-31-17)9-8-19(18)24-23(25-22)27-10-12-29-13-11-27/h2-7,14H,8-13,15-16H2,1H3. The minimum absolute atomic E-state index is 0.617. The highest BCUT2D eigenvalue weighted by Crippen LogP contribution is 2.35. The molecule has 1 saturated heterocycles. The maximum absolute atomic E-state index is 6.36. The summed E-state index contributed by atoms with van der Waals surface area (Å²) >= 11 is 1.79. The summed E-state index contributed by atoms with van der Waals surface area (Å²) < 4.78 is 17.4. The predicted octanol–water partition coefficient (Wildman–Crippen LogP) is 3.73. The van der Waals surface area contributed by atoms with Crippen LogP contribution in [0, 0.1) is 0 Å². The van der Waals surface area contributed by atoms with E-state index in [1.807, 2.05) is 24.3 Å². The number of hydrogen-bond acceptors (Lipinski definition) is 8. The third-order valence-corrected chi connectivity index (χ3v) is 6.48. The van der Waals surface area contributed by atoms with E-state index >= 15 is 0 Å². The lowest BCUT2D eigenvalue weighted by Crippen LogP contribution is -2.38. The van der Waals surface area contributed by atoms with E-state index < -0.39 is 0 Å². The van der Waals surface area contributed by atoms with Crippen LogP contribution in [-0.4, -0.2) is 54.8 Å². The number of fused-ring (bicyclic) bond motifs is 1. The monoisotopic (exact) mass is 438 g/mol. The van der Waals surface area contributed by atoms with Crippen LogP contribution in [0.15, 0.2) is 41.8 Å². The zero-order valence-electron chi connectivity index (χ0n) is 17.6. The Bertz CT molecular complexity index is 1020. The molecule has 162 valence electrons. The second-order valence-corrected chi connectivity index (χ2v) is 8.68. The minimum Gasteiger partial charge on any atom is -0.493 e. The molecule has 0 amide bonds. The third-order valence-electron chi connectivity index (χ3n) is 5.62. The van der Waals surface area contributed by atoms with Crippen molar-refractivity contribution in [2.24, 2.45) is 0 Å². The molecule has 0 radical (unpaired) electrons. The summed E-state index contributed by atoms with van der Waals surface area (Å²) in [7, 11) is 1.65. The molecule has 1 fully saturated rings. The van der Waals surface area contributed by atoms with Crippen LogP contribution in [-0.2, 0) is 24.2 Å². The van der Waals surface area contributed by atoms with Gasteiger partial charge >= 0.3 is 0 Å².